The van der Waals surface area contributed by atoms with Crippen LogP contribution in [-0.2, 0) is 11.3 Å². The molecule has 0 radical (unpaired) electrons. The zero-order valence-corrected chi connectivity index (χ0v) is 16.0. The maximum atomic E-state index is 12.5. The summed E-state index contributed by atoms with van der Waals surface area (Å²) >= 11 is 0. The van der Waals surface area contributed by atoms with Crippen molar-refractivity contribution in [3.8, 4) is 0 Å². The lowest BCUT2D eigenvalue weighted by Crippen LogP contribution is -2.39. The van der Waals surface area contributed by atoms with Crippen LogP contribution in [0.2, 0.25) is 0 Å². The summed E-state index contributed by atoms with van der Waals surface area (Å²) in [6.45, 7) is 5.49. The highest BCUT2D eigenvalue weighted by Crippen LogP contribution is 2.27. The summed E-state index contributed by atoms with van der Waals surface area (Å²) in [7, 11) is 2.03. The number of likely N-dealkylation sites (tertiary alicyclic amines) is 1. The lowest BCUT2D eigenvalue weighted by Gasteiger charge is -2.24. The summed E-state index contributed by atoms with van der Waals surface area (Å²) in [4.78, 5) is 16.7. The number of carbonyl (C=O) groups is 1. The van der Waals surface area contributed by atoms with E-state index in [9.17, 15) is 4.79 Å². The minimum atomic E-state index is 0. The molecule has 2 aliphatic rings. The quantitative estimate of drug-likeness (QED) is 0.879. The Balaban J connectivity index is 0.00000144. The number of carbonyl (C=O) groups excluding carboxylic acids is 1. The van der Waals surface area contributed by atoms with E-state index in [1.807, 2.05) is 25.2 Å². The average Bonchev–Trinajstić information content (AvgIpc) is 2.86. The molecule has 2 saturated heterocycles. The molecule has 136 valence electrons. The standard InChI is InChI=1S/C18H27N3O.2ClH/c1-20(13-15-5-3-2-4-6-15)14-18(22)21-9-7-16-11-19-12-17(16)8-10-21;;/h2-6,16-17,19H,7-14H2,1H3;2*1H/t16-,17+;;. The molecule has 0 spiro atoms. The predicted molar refractivity (Wildman–Crippen MR) is 103 cm³/mol. The average molecular weight is 374 g/mol. The number of amides is 1. The molecular weight excluding hydrogens is 345 g/mol. The largest absolute Gasteiger partial charge is 0.342 e. The normalized spacial score (nSPS) is 23.0. The van der Waals surface area contributed by atoms with E-state index in [1.54, 1.807) is 0 Å². The van der Waals surface area contributed by atoms with Gasteiger partial charge in [-0.2, -0.15) is 0 Å². The van der Waals surface area contributed by atoms with E-state index < -0.39 is 0 Å². The van der Waals surface area contributed by atoms with Gasteiger partial charge in [-0.15, -0.1) is 24.8 Å². The number of nitrogens with zero attached hydrogens (tertiary/aromatic N) is 2. The molecule has 24 heavy (non-hydrogen) atoms. The molecule has 3 rings (SSSR count). The molecule has 1 amide bonds. The van der Waals surface area contributed by atoms with Gasteiger partial charge < -0.3 is 10.2 Å². The van der Waals surface area contributed by atoms with Crippen LogP contribution in [0.4, 0.5) is 0 Å². The van der Waals surface area contributed by atoms with E-state index in [0.29, 0.717) is 6.54 Å². The second-order valence-corrected chi connectivity index (χ2v) is 6.79. The summed E-state index contributed by atoms with van der Waals surface area (Å²) < 4.78 is 0. The van der Waals surface area contributed by atoms with Gasteiger partial charge in [0, 0.05) is 19.6 Å². The van der Waals surface area contributed by atoms with E-state index in [0.717, 1.165) is 57.4 Å². The first kappa shape index (κ1) is 21.2. The molecular formula is C18H29Cl2N3O. The van der Waals surface area contributed by atoms with Gasteiger partial charge in [-0.1, -0.05) is 30.3 Å². The highest BCUT2D eigenvalue weighted by molar-refractivity contribution is 5.85. The first-order chi connectivity index (χ1) is 10.7. The van der Waals surface area contributed by atoms with Crippen molar-refractivity contribution in [3.05, 3.63) is 35.9 Å². The van der Waals surface area contributed by atoms with Gasteiger partial charge >= 0.3 is 0 Å². The van der Waals surface area contributed by atoms with Crippen molar-refractivity contribution in [1.82, 2.24) is 15.1 Å². The SMILES string of the molecule is CN(CC(=O)N1CC[C@@H]2CNC[C@@H]2CC1)Cc1ccccc1.Cl.Cl. The number of hydrogen-bond acceptors (Lipinski definition) is 3. The molecule has 1 aromatic rings. The molecule has 2 fully saturated rings. The highest BCUT2D eigenvalue weighted by atomic mass is 35.5. The first-order valence-corrected chi connectivity index (χ1v) is 8.43. The van der Waals surface area contributed by atoms with Crippen LogP contribution in [0.5, 0.6) is 0 Å². The molecule has 1 aromatic carbocycles. The molecule has 0 bridgehead atoms. The maximum absolute atomic E-state index is 12.5. The van der Waals surface area contributed by atoms with Gasteiger partial charge in [0.05, 0.1) is 6.54 Å². The zero-order chi connectivity index (χ0) is 15.4. The van der Waals surface area contributed by atoms with Crippen molar-refractivity contribution in [1.29, 1.82) is 0 Å². The molecule has 0 aromatic heterocycles. The summed E-state index contributed by atoms with van der Waals surface area (Å²) in [6, 6.07) is 10.3. The summed E-state index contributed by atoms with van der Waals surface area (Å²) in [5, 5.41) is 3.48. The van der Waals surface area contributed by atoms with Crippen molar-refractivity contribution in [3.63, 3.8) is 0 Å². The molecule has 1 N–H and O–H groups in total. The van der Waals surface area contributed by atoms with Gasteiger partial charge in [-0.3, -0.25) is 9.69 Å². The van der Waals surface area contributed by atoms with Crippen molar-refractivity contribution < 1.29 is 4.79 Å². The summed E-state index contributed by atoms with van der Waals surface area (Å²) in [5.74, 6) is 1.84. The van der Waals surface area contributed by atoms with Gasteiger partial charge in [0.1, 0.15) is 0 Å². The fourth-order valence-electron chi connectivity index (χ4n) is 3.75. The number of benzene rings is 1. The van der Waals surface area contributed by atoms with Crippen molar-refractivity contribution in [2.45, 2.75) is 19.4 Å². The Hall–Kier alpha value is -0.810. The monoisotopic (exact) mass is 373 g/mol. The van der Waals surface area contributed by atoms with Gasteiger partial charge in [0.2, 0.25) is 5.91 Å². The van der Waals surface area contributed by atoms with E-state index in [-0.39, 0.29) is 30.7 Å². The molecule has 2 heterocycles. The maximum Gasteiger partial charge on any atom is 0.236 e. The fourth-order valence-corrected chi connectivity index (χ4v) is 3.75. The van der Waals surface area contributed by atoms with Gasteiger partial charge in [-0.25, -0.2) is 0 Å². The lowest BCUT2D eigenvalue weighted by molar-refractivity contribution is -0.132. The molecule has 0 aliphatic carbocycles. The Bertz CT molecular complexity index is 486. The Kier molecular flexibility index (Phi) is 9.06. The third kappa shape index (κ3) is 5.62. The van der Waals surface area contributed by atoms with Crippen LogP contribution in [0.15, 0.2) is 30.3 Å². The van der Waals surface area contributed by atoms with Crippen LogP contribution in [-0.4, -0.2) is 55.5 Å². The smallest absolute Gasteiger partial charge is 0.236 e. The van der Waals surface area contributed by atoms with Crippen LogP contribution < -0.4 is 5.32 Å². The Labute approximate surface area is 157 Å². The molecule has 2 atom stereocenters. The van der Waals surface area contributed by atoms with Gasteiger partial charge in [-0.05, 0) is 50.4 Å². The third-order valence-electron chi connectivity index (χ3n) is 5.07. The topological polar surface area (TPSA) is 35.6 Å². The molecule has 6 heteroatoms. The molecule has 0 saturated carbocycles. The predicted octanol–water partition coefficient (Wildman–Crippen LogP) is 2.42. The molecule has 2 aliphatic heterocycles. The number of hydrogen-bond donors (Lipinski definition) is 1. The molecule has 0 unspecified atom stereocenters. The van der Waals surface area contributed by atoms with E-state index in [4.69, 9.17) is 0 Å². The van der Waals surface area contributed by atoms with Gasteiger partial charge in [0.25, 0.3) is 0 Å². The van der Waals surface area contributed by atoms with Crippen molar-refractivity contribution in [2.75, 3.05) is 39.8 Å². The number of rotatable bonds is 4. The minimum Gasteiger partial charge on any atom is -0.342 e. The van der Waals surface area contributed by atoms with E-state index >= 15 is 0 Å². The Morgan fingerprint density at radius 2 is 1.71 bits per heavy atom. The van der Waals surface area contributed by atoms with Crippen molar-refractivity contribution in [2.24, 2.45) is 11.8 Å². The van der Waals surface area contributed by atoms with Crippen LogP contribution in [0, 0.1) is 11.8 Å². The second kappa shape index (κ2) is 10.2. The van der Waals surface area contributed by atoms with Crippen LogP contribution in [0.25, 0.3) is 0 Å². The lowest BCUT2D eigenvalue weighted by atomic mass is 9.92. The Morgan fingerprint density at radius 3 is 2.29 bits per heavy atom. The summed E-state index contributed by atoms with van der Waals surface area (Å²) in [6.07, 6.45) is 2.32. The number of nitrogens with one attached hydrogen (secondary N) is 1. The van der Waals surface area contributed by atoms with Crippen LogP contribution >= 0.6 is 24.8 Å². The molecule has 4 nitrogen and oxygen atoms in total. The highest BCUT2D eigenvalue weighted by Gasteiger charge is 2.31. The zero-order valence-electron chi connectivity index (χ0n) is 14.3. The fraction of sp³-hybridized carbons (Fsp3) is 0.611. The Morgan fingerprint density at radius 1 is 1.12 bits per heavy atom. The second-order valence-electron chi connectivity index (χ2n) is 6.79. The van der Waals surface area contributed by atoms with Gasteiger partial charge in [0.15, 0.2) is 0 Å². The van der Waals surface area contributed by atoms with Crippen LogP contribution in [0.1, 0.15) is 18.4 Å². The first-order valence-electron chi connectivity index (χ1n) is 8.43. The van der Waals surface area contributed by atoms with Crippen LogP contribution in [0.3, 0.4) is 0 Å². The van der Waals surface area contributed by atoms with E-state index in [1.165, 1.54) is 5.56 Å². The third-order valence-corrected chi connectivity index (χ3v) is 5.07. The number of fused-ring (bicyclic) bond motifs is 1. The summed E-state index contributed by atoms with van der Waals surface area (Å²) in [5.41, 5.74) is 1.26. The van der Waals surface area contributed by atoms with Crippen molar-refractivity contribution >= 4 is 30.7 Å². The van der Waals surface area contributed by atoms with E-state index in [2.05, 4.69) is 27.2 Å². The number of likely N-dealkylation sites (N-methyl/N-ethyl adjacent to an activating group) is 1. The minimum absolute atomic E-state index is 0. The number of halogens is 2.